The van der Waals surface area contributed by atoms with E-state index in [2.05, 4.69) is 38.9 Å². The van der Waals surface area contributed by atoms with Crippen LogP contribution in [0.3, 0.4) is 0 Å². The van der Waals surface area contributed by atoms with Crippen LogP contribution in [-0.4, -0.2) is 15.9 Å². The Kier molecular flexibility index (Phi) is 4.34. The molecule has 1 aliphatic rings. The van der Waals surface area contributed by atoms with Crippen molar-refractivity contribution in [3.05, 3.63) is 64.4 Å². The molecule has 0 aliphatic heterocycles. The van der Waals surface area contributed by atoms with Crippen molar-refractivity contribution in [1.29, 1.82) is 0 Å². The van der Waals surface area contributed by atoms with E-state index in [0.29, 0.717) is 16.2 Å². The van der Waals surface area contributed by atoms with Crippen LogP contribution in [0.1, 0.15) is 62.0 Å². The maximum Gasteiger partial charge on any atom is 0.335 e. The third-order valence-electron chi connectivity index (χ3n) is 5.38. The molecular weight excluding hydrogens is 328 g/mol. The highest BCUT2D eigenvalue weighted by Crippen LogP contribution is 2.46. The fourth-order valence-electron chi connectivity index (χ4n) is 3.53. The molecule has 136 valence electrons. The van der Waals surface area contributed by atoms with Crippen LogP contribution < -0.4 is 0 Å². The normalized spacial score (nSPS) is 18.2. The van der Waals surface area contributed by atoms with Crippen molar-refractivity contribution < 1.29 is 14.8 Å². The predicted molar refractivity (Wildman–Crippen MR) is 101 cm³/mol. The zero-order valence-corrected chi connectivity index (χ0v) is 15.6. The second kappa shape index (κ2) is 6.24. The summed E-state index contributed by atoms with van der Waals surface area (Å²) in [5, 5.41) is 25.4. The summed E-state index contributed by atoms with van der Waals surface area (Å²) in [6.45, 7) is 8.96. The zero-order chi connectivity index (χ0) is 19.1. The fraction of sp³-hybridized carbons (Fsp3) is 0.381. The van der Waals surface area contributed by atoms with Gasteiger partial charge in [0.25, 0.3) is 0 Å². The third-order valence-corrected chi connectivity index (χ3v) is 5.38. The number of hydrogen-bond donors (Lipinski definition) is 1. The molecule has 1 N–H and O–H groups in total. The van der Waals surface area contributed by atoms with E-state index in [1.165, 1.54) is 35.4 Å². The Hall–Kier alpha value is -2.69. The molecule has 0 aromatic heterocycles. The van der Waals surface area contributed by atoms with Crippen LogP contribution in [0.25, 0.3) is 0 Å². The van der Waals surface area contributed by atoms with Crippen molar-refractivity contribution in [2.75, 3.05) is 0 Å². The first kappa shape index (κ1) is 18.1. The average Bonchev–Trinajstić information content (AvgIpc) is 2.59. The maximum absolute atomic E-state index is 12.4. The van der Waals surface area contributed by atoms with Gasteiger partial charge in [-0.25, -0.2) is 4.79 Å². The molecule has 0 saturated heterocycles. The van der Waals surface area contributed by atoms with Crippen LogP contribution in [0, 0.1) is 5.21 Å². The van der Waals surface area contributed by atoms with Gasteiger partial charge in [-0.05, 0) is 59.1 Å². The number of carbonyl (C=O) groups is 1. The standard InChI is InChI=1S/C21H24N2O3/c1-20(2)11-12-21(3,4)18-13-15(7-10-17(18)20)22-23(26)16-8-5-14(6-9-16)19(24)25/h5-10,13H,11-12H2,1-4H3,(H,24,25)/b23-22-. The van der Waals surface area contributed by atoms with Gasteiger partial charge in [0.15, 0.2) is 0 Å². The number of fused-ring (bicyclic) bond motifs is 1. The van der Waals surface area contributed by atoms with Gasteiger partial charge < -0.3 is 10.3 Å². The monoisotopic (exact) mass is 352 g/mol. The largest absolute Gasteiger partial charge is 0.594 e. The molecule has 0 atom stereocenters. The Morgan fingerprint density at radius 3 is 2.15 bits per heavy atom. The lowest BCUT2D eigenvalue weighted by atomic mass is 9.63. The lowest BCUT2D eigenvalue weighted by molar-refractivity contribution is -0.435. The summed E-state index contributed by atoms with van der Waals surface area (Å²) in [6.07, 6.45) is 2.22. The predicted octanol–water partition coefficient (Wildman–Crippen LogP) is 5.66. The lowest BCUT2D eigenvalue weighted by Gasteiger charge is -2.41. The maximum atomic E-state index is 12.4. The van der Waals surface area contributed by atoms with Gasteiger partial charge in [-0.2, -0.15) is 0 Å². The highest BCUT2D eigenvalue weighted by molar-refractivity contribution is 5.87. The number of carboxylic acids is 1. The number of azo groups is 1. The van der Waals surface area contributed by atoms with Crippen LogP contribution in [0.15, 0.2) is 47.6 Å². The quantitative estimate of drug-likeness (QED) is 0.440. The smallest absolute Gasteiger partial charge is 0.335 e. The molecule has 26 heavy (non-hydrogen) atoms. The minimum Gasteiger partial charge on any atom is -0.594 e. The first-order chi connectivity index (χ1) is 12.1. The van der Waals surface area contributed by atoms with Crippen LogP contribution in [-0.2, 0) is 10.8 Å². The Labute approximate surface area is 153 Å². The Balaban J connectivity index is 1.97. The Morgan fingerprint density at radius 2 is 1.58 bits per heavy atom. The zero-order valence-electron chi connectivity index (χ0n) is 15.6. The van der Waals surface area contributed by atoms with Gasteiger partial charge in [0, 0.05) is 17.2 Å². The van der Waals surface area contributed by atoms with E-state index in [-0.39, 0.29) is 16.4 Å². The number of rotatable bonds is 3. The van der Waals surface area contributed by atoms with E-state index in [1.807, 2.05) is 12.1 Å². The Bertz CT molecular complexity index is 881. The van der Waals surface area contributed by atoms with Crippen molar-refractivity contribution in [1.82, 2.24) is 0 Å². The van der Waals surface area contributed by atoms with Crippen LogP contribution in [0.2, 0.25) is 0 Å². The molecule has 0 unspecified atom stereocenters. The van der Waals surface area contributed by atoms with Gasteiger partial charge in [-0.3, -0.25) is 0 Å². The highest BCUT2D eigenvalue weighted by atomic mass is 16.5. The number of nitrogens with zero attached hydrogens (tertiary/aromatic N) is 2. The van der Waals surface area contributed by atoms with Crippen molar-refractivity contribution in [3.8, 4) is 0 Å². The summed E-state index contributed by atoms with van der Waals surface area (Å²) in [5.74, 6) is -1.02. The SMILES string of the molecule is CC1(C)CCC(C)(C)c2cc(/N=[N+](\[O-])c3ccc(C(=O)O)cc3)ccc21. The van der Waals surface area contributed by atoms with Crippen molar-refractivity contribution in [2.24, 2.45) is 5.11 Å². The molecule has 5 nitrogen and oxygen atoms in total. The van der Waals surface area contributed by atoms with Gasteiger partial charge >= 0.3 is 5.97 Å². The van der Waals surface area contributed by atoms with E-state index in [1.54, 1.807) is 0 Å². The summed E-state index contributed by atoms with van der Waals surface area (Å²) in [5.41, 5.74) is 3.76. The minimum atomic E-state index is -1.02. The number of benzene rings is 2. The summed E-state index contributed by atoms with van der Waals surface area (Å²) in [6, 6.07) is 11.7. The number of aromatic carboxylic acids is 1. The minimum absolute atomic E-state index is 0.0488. The van der Waals surface area contributed by atoms with Crippen LogP contribution >= 0.6 is 0 Å². The van der Waals surface area contributed by atoms with E-state index < -0.39 is 5.97 Å². The molecule has 0 heterocycles. The van der Waals surface area contributed by atoms with E-state index in [9.17, 15) is 10.0 Å². The molecule has 0 radical (unpaired) electrons. The molecule has 0 saturated carbocycles. The van der Waals surface area contributed by atoms with E-state index in [4.69, 9.17) is 5.11 Å². The third kappa shape index (κ3) is 3.34. The van der Waals surface area contributed by atoms with Crippen LogP contribution in [0.5, 0.6) is 0 Å². The molecule has 1 aliphatic carbocycles. The summed E-state index contributed by atoms with van der Waals surface area (Å²) >= 11 is 0. The average molecular weight is 352 g/mol. The van der Waals surface area contributed by atoms with E-state index in [0.717, 1.165) is 12.8 Å². The molecule has 5 heteroatoms. The van der Waals surface area contributed by atoms with Crippen molar-refractivity contribution in [3.63, 3.8) is 0 Å². The van der Waals surface area contributed by atoms with Gasteiger partial charge in [0.1, 0.15) is 5.69 Å². The summed E-state index contributed by atoms with van der Waals surface area (Å²) in [7, 11) is 0. The fourth-order valence-corrected chi connectivity index (χ4v) is 3.53. The molecule has 3 rings (SSSR count). The summed E-state index contributed by atoms with van der Waals surface area (Å²) < 4.78 is 0. The summed E-state index contributed by atoms with van der Waals surface area (Å²) in [4.78, 5) is 11.4. The molecule has 0 amide bonds. The second-order valence-corrected chi connectivity index (χ2v) is 8.22. The van der Waals surface area contributed by atoms with Crippen LogP contribution in [0.4, 0.5) is 11.4 Å². The van der Waals surface area contributed by atoms with Gasteiger partial charge in [-0.15, -0.1) is 0 Å². The molecule has 0 fully saturated rings. The van der Waals surface area contributed by atoms with Crippen molar-refractivity contribution in [2.45, 2.75) is 51.4 Å². The Morgan fingerprint density at radius 1 is 1.00 bits per heavy atom. The molecule has 0 bridgehead atoms. The first-order valence-electron chi connectivity index (χ1n) is 8.77. The highest BCUT2D eigenvalue weighted by Gasteiger charge is 2.37. The van der Waals surface area contributed by atoms with E-state index >= 15 is 0 Å². The van der Waals surface area contributed by atoms with Gasteiger partial charge in [0.2, 0.25) is 5.69 Å². The lowest BCUT2D eigenvalue weighted by Crippen LogP contribution is -2.33. The van der Waals surface area contributed by atoms with Gasteiger partial charge in [-0.1, -0.05) is 38.6 Å². The van der Waals surface area contributed by atoms with Gasteiger partial charge in [0.05, 0.1) is 5.56 Å². The topological polar surface area (TPSA) is 75.7 Å². The molecule has 2 aromatic carbocycles. The van der Waals surface area contributed by atoms with Crippen molar-refractivity contribution >= 4 is 17.3 Å². The first-order valence-corrected chi connectivity index (χ1v) is 8.77. The number of carboxylic acid groups (broad SMARTS) is 1. The molecular formula is C21H24N2O3. The second-order valence-electron chi connectivity index (χ2n) is 8.22. The number of hydrogen-bond acceptors (Lipinski definition) is 3. The molecule has 2 aromatic rings. The molecule has 0 spiro atoms.